The van der Waals surface area contributed by atoms with Crippen LogP contribution in [0.2, 0.25) is 10.0 Å². The summed E-state index contributed by atoms with van der Waals surface area (Å²) in [5, 5.41) is 0.497. The van der Waals surface area contributed by atoms with Crippen LogP contribution in [0.5, 0.6) is 0 Å². The smallest absolute Gasteiger partial charge is 0.242 e. The maximum Gasteiger partial charge on any atom is 0.242 e. The van der Waals surface area contributed by atoms with Crippen LogP contribution < -0.4 is 4.72 Å². The molecule has 1 unspecified atom stereocenters. The monoisotopic (exact) mass is 401 g/mol. The van der Waals surface area contributed by atoms with E-state index in [0.29, 0.717) is 5.02 Å². The second kappa shape index (κ2) is 7.68. The summed E-state index contributed by atoms with van der Waals surface area (Å²) >= 11 is 12.0. The van der Waals surface area contributed by atoms with E-state index in [-0.39, 0.29) is 22.5 Å². The van der Waals surface area contributed by atoms with Crippen molar-refractivity contribution in [3.8, 4) is 0 Å². The fourth-order valence-electron chi connectivity index (χ4n) is 3.24. The number of likely N-dealkylation sites (tertiary alicyclic amines) is 1. The van der Waals surface area contributed by atoms with Crippen molar-refractivity contribution in [1.29, 1.82) is 0 Å². The molecule has 0 saturated carbocycles. The number of nitrogens with zero attached hydrogens (tertiary/aromatic N) is 2. The molecule has 3 rings (SSSR count). The Morgan fingerprint density at radius 1 is 1.20 bits per heavy atom. The number of hydrogen-bond acceptors (Lipinski definition) is 3. The molecule has 8 heteroatoms. The maximum atomic E-state index is 12.7. The van der Waals surface area contributed by atoms with Crippen LogP contribution in [-0.2, 0) is 17.1 Å². The van der Waals surface area contributed by atoms with Gasteiger partial charge in [0.25, 0.3) is 0 Å². The minimum absolute atomic E-state index is 0.00807. The first-order chi connectivity index (χ1) is 11.9. The lowest BCUT2D eigenvalue weighted by molar-refractivity contribution is 0.238. The van der Waals surface area contributed by atoms with Crippen molar-refractivity contribution in [3.63, 3.8) is 0 Å². The molecule has 1 N–H and O–H groups in total. The van der Waals surface area contributed by atoms with Crippen LogP contribution in [0.25, 0.3) is 0 Å². The summed E-state index contributed by atoms with van der Waals surface area (Å²) < 4.78 is 30.1. The van der Waals surface area contributed by atoms with Gasteiger partial charge in [0.05, 0.1) is 11.1 Å². The molecule has 0 bridgehead atoms. The lowest BCUT2D eigenvalue weighted by Crippen LogP contribution is -2.37. The van der Waals surface area contributed by atoms with Crippen molar-refractivity contribution in [1.82, 2.24) is 14.2 Å². The van der Waals surface area contributed by atoms with Crippen LogP contribution in [0.1, 0.15) is 24.6 Å². The minimum Gasteiger partial charge on any atom is -0.353 e. The first-order valence-corrected chi connectivity index (χ1v) is 10.4. The lowest BCUT2D eigenvalue weighted by Gasteiger charge is -2.28. The number of benzene rings is 1. The first-order valence-electron chi connectivity index (χ1n) is 8.18. The predicted molar refractivity (Wildman–Crippen MR) is 101 cm³/mol. The van der Waals surface area contributed by atoms with Gasteiger partial charge in [0, 0.05) is 30.5 Å². The molecule has 1 aliphatic rings. The van der Waals surface area contributed by atoms with Crippen LogP contribution in [0, 0.1) is 0 Å². The normalized spacial score (nSPS) is 17.1. The van der Waals surface area contributed by atoms with E-state index in [1.54, 1.807) is 6.07 Å². The third-order valence-electron chi connectivity index (χ3n) is 4.56. The highest BCUT2D eigenvalue weighted by atomic mass is 35.5. The Labute approximate surface area is 158 Å². The van der Waals surface area contributed by atoms with Gasteiger partial charge in [-0.15, -0.1) is 0 Å². The predicted octanol–water partition coefficient (Wildman–Crippen LogP) is 3.45. The van der Waals surface area contributed by atoms with Crippen molar-refractivity contribution < 1.29 is 8.42 Å². The number of sulfonamides is 1. The Morgan fingerprint density at radius 2 is 1.92 bits per heavy atom. The van der Waals surface area contributed by atoms with Crippen LogP contribution in [0.15, 0.2) is 41.4 Å². The number of rotatable bonds is 6. The topological polar surface area (TPSA) is 54.3 Å². The van der Waals surface area contributed by atoms with Gasteiger partial charge < -0.3 is 4.57 Å². The van der Waals surface area contributed by atoms with E-state index >= 15 is 0 Å². The Hall–Kier alpha value is -1.05. The standard InChI is InChI=1S/C17H21Cl2N3O2S/c1-21-8-4-5-15(21)16(22-9-2-3-10-22)12-20-25(23,24)17-11-13(18)6-7-14(17)19/h4-8,11,16,20H,2-3,9-10,12H2,1H3. The minimum atomic E-state index is -3.74. The third kappa shape index (κ3) is 4.20. The van der Waals surface area contributed by atoms with Gasteiger partial charge in [-0.05, 0) is 56.3 Å². The number of nitrogens with one attached hydrogen (secondary N) is 1. The molecule has 1 fully saturated rings. The number of hydrogen-bond donors (Lipinski definition) is 1. The zero-order valence-corrected chi connectivity index (χ0v) is 16.3. The Bertz CT molecular complexity index is 845. The van der Waals surface area contributed by atoms with Gasteiger partial charge in [0.1, 0.15) is 4.90 Å². The molecule has 1 atom stereocenters. The molecular formula is C17H21Cl2N3O2S. The van der Waals surface area contributed by atoms with E-state index in [0.717, 1.165) is 31.6 Å². The zero-order chi connectivity index (χ0) is 18.0. The zero-order valence-electron chi connectivity index (χ0n) is 14.0. The lowest BCUT2D eigenvalue weighted by atomic mass is 10.2. The highest BCUT2D eigenvalue weighted by molar-refractivity contribution is 7.89. The van der Waals surface area contributed by atoms with Crippen molar-refractivity contribution >= 4 is 33.2 Å². The molecule has 1 aromatic heterocycles. The van der Waals surface area contributed by atoms with Gasteiger partial charge in [-0.3, -0.25) is 4.90 Å². The van der Waals surface area contributed by atoms with E-state index in [1.807, 2.05) is 29.9 Å². The summed E-state index contributed by atoms with van der Waals surface area (Å²) in [6.45, 7) is 2.22. The Kier molecular flexibility index (Phi) is 5.75. The summed E-state index contributed by atoms with van der Waals surface area (Å²) in [6, 6.07) is 8.42. The van der Waals surface area contributed by atoms with E-state index in [4.69, 9.17) is 23.2 Å². The summed E-state index contributed by atoms with van der Waals surface area (Å²) in [7, 11) is -1.77. The van der Waals surface area contributed by atoms with Crippen molar-refractivity contribution in [2.24, 2.45) is 7.05 Å². The molecule has 136 valence electrons. The molecule has 2 aromatic rings. The second-order valence-corrected chi connectivity index (χ2v) is 8.81. The van der Waals surface area contributed by atoms with Crippen molar-refractivity contribution in [2.75, 3.05) is 19.6 Å². The maximum absolute atomic E-state index is 12.7. The quantitative estimate of drug-likeness (QED) is 0.806. The number of halogens is 2. The average Bonchev–Trinajstić information content (AvgIpc) is 3.23. The van der Waals surface area contributed by atoms with Gasteiger partial charge in [-0.1, -0.05) is 23.2 Å². The third-order valence-corrected chi connectivity index (χ3v) is 6.70. The second-order valence-electron chi connectivity index (χ2n) is 6.23. The fourth-order valence-corrected chi connectivity index (χ4v) is 5.04. The van der Waals surface area contributed by atoms with Crippen LogP contribution in [-0.4, -0.2) is 37.5 Å². The molecular weight excluding hydrogens is 381 g/mol. The summed E-state index contributed by atoms with van der Waals surface area (Å²) in [4.78, 5) is 2.32. The van der Waals surface area contributed by atoms with Crippen LogP contribution in [0.4, 0.5) is 0 Å². The van der Waals surface area contributed by atoms with Crippen LogP contribution >= 0.6 is 23.2 Å². The Morgan fingerprint density at radius 3 is 2.56 bits per heavy atom. The molecule has 25 heavy (non-hydrogen) atoms. The van der Waals surface area contributed by atoms with Gasteiger partial charge in [-0.25, -0.2) is 13.1 Å². The largest absolute Gasteiger partial charge is 0.353 e. The molecule has 0 aliphatic carbocycles. The Balaban J connectivity index is 1.83. The molecule has 1 aromatic carbocycles. The van der Waals surface area contributed by atoms with Gasteiger partial charge in [0.15, 0.2) is 0 Å². The SMILES string of the molecule is Cn1cccc1C(CNS(=O)(=O)c1cc(Cl)ccc1Cl)N1CCCC1. The van der Waals surface area contributed by atoms with Gasteiger partial charge >= 0.3 is 0 Å². The van der Waals surface area contributed by atoms with Gasteiger partial charge in [0.2, 0.25) is 10.0 Å². The highest BCUT2D eigenvalue weighted by Crippen LogP contribution is 2.27. The molecule has 1 saturated heterocycles. The average molecular weight is 402 g/mol. The summed E-state index contributed by atoms with van der Waals surface area (Å²) in [6.07, 6.45) is 4.24. The van der Waals surface area contributed by atoms with Crippen LogP contribution in [0.3, 0.4) is 0 Å². The molecule has 5 nitrogen and oxygen atoms in total. The molecule has 0 radical (unpaired) electrons. The molecule has 2 heterocycles. The van der Waals surface area contributed by atoms with E-state index < -0.39 is 10.0 Å². The summed E-state index contributed by atoms with van der Waals surface area (Å²) in [5.41, 5.74) is 1.08. The number of aromatic nitrogens is 1. The molecule has 0 amide bonds. The van der Waals surface area contributed by atoms with Gasteiger partial charge in [-0.2, -0.15) is 0 Å². The summed E-state index contributed by atoms with van der Waals surface area (Å²) in [5.74, 6) is 0. The van der Waals surface area contributed by atoms with Crippen molar-refractivity contribution in [3.05, 3.63) is 52.3 Å². The fraction of sp³-hybridized carbons (Fsp3) is 0.412. The van der Waals surface area contributed by atoms with E-state index in [9.17, 15) is 8.42 Å². The number of aryl methyl sites for hydroxylation is 1. The van der Waals surface area contributed by atoms with Crippen molar-refractivity contribution in [2.45, 2.75) is 23.8 Å². The molecule has 0 spiro atoms. The van der Waals surface area contributed by atoms with E-state index in [1.165, 1.54) is 12.1 Å². The highest BCUT2D eigenvalue weighted by Gasteiger charge is 2.27. The van der Waals surface area contributed by atoms with E-state index in [2.05, 4.69) is 9.62 Å². The first kappa shape index (κ1) is 18.7. The molecule has 1 aliphatic heterocycles.